The van der Waals surface area contributed by atoms with Crippen LogP contribution in [0.1, 0.15) is 15.9 Å². The maximum Gasteiger partial charge on any atom is 0.418 e. The number of aromatic nitrogens is 1. The van der Waals surface area contributed by atoms with Crippen LogP contribution in [-0.4, -0.2) is 16.1 Å². The maximum atomic E-state index is 12.7. The van der Waals surface area contributed by atoms with E-state index < -0.39 is 23.3 Å². The van der Waals surface area contributed by atoms with Gasteiger partial charge in [0.2, 0.25) is 0 Å². The summed E-state index contributed by atoms with van der Waals surface area (Å²) < 4.78 is 38.2. The first kappa shape index (κ1) is 11.4. The zero-order chi connectivity index (χ0) is 12.6. The molecule has 0 spiro atoms. The molecule has 2 aromatic rings. The Labute approximate surface area is 93.5 Å². The van der Waals surface area contributed by atoms with E-state index in [0.29, 0.717) is 6.07 Å². The molecule has 1 N–H and O–H groups in total. The molecule has 17 heavy (non-hydrogen) atoms. The number of rotatable bonds is 1. The van der Waals surface area contributed by atoms with Gasteiger partial charge >= 0.3 is 12.1 Å². The van der Waals surface area contributed by atoms with Crippen LogP contribution in [0.2, 0.25) is 0 Å². The fourth-order valence-corrected chi connectivity index (χ4v) is 1.53. The van der Waals surface area contributed by atoms with Crippen molar-refractivity contribution in [1.82, 2.24) is 4.98 Å². The van der Waals surface area contributed by atoms with E-state index >= 15 is 0 Å². The zero-order valence-corrected chi connectivity index (χ0v) is 8.32. The van der Waals surface area contributed by atoms with Gasteiger partial charge in [-0.05, 0) is 18.2 Å². The van der Waals surface area contributed by atoms with E-state index in [-0.39, 0.29) is 10.9 Å². The minimum absolute atomic E-state index is 0.153. The number of pyridine rings is 1. The molecule has 1 aromatic heterocycles. The maximum absolute atomic E-state index is 12.7. The van der Waals surface area contributed by atoms with Crippen molar-refractivity contribution in [3.05, 3.63) is 41.6 Å². The Kier molecular flexibility index (Phi) is 2.49. The third kappa shape index (κ3) is 2.06. The van der Waals surface area contributed by atoms with Gasteiger partial charge in [0.05, 0.1) is 16.6 Å². The number of alkyl halides is 3. The third-order valence-electron chi connectivity index (χ3n) is 2.26. The number of carboxylic acids is 1. The first-order valence-electron chi connectivity index (χ1n) is 4.59. The van der Waals surface area contributed by atoms with E-state index in [1.54, 1.807) is 0 Å². The summed E-state index contributed by atoms with van der Waals surface area (Å²) in [5, 5.41) is 8.90. The Morgan fingerprint density at radius 1 is 1.29 bits per heavy atom. The summed E-state index contributed by atoms with van der Waals surface area (Å²) in [7, 11) is 0. The first-order chi connectivity index (χ1) is 7.89. The van der Waals surface area contributed by atoms with Gasteiger partial charge in [0.25, 0.3) is 0 Å². The Morgan fingerprint density at radius 3 is 2.59 bits per heavy atom. The Hall–Kier alpha value is -2.11. The SMILES string of the molecule is O=C(O)c1cc(C(F)(F)F)c2ncccc2c1. The fraction of sp³-hybridized carbons (Fsp3) is 0.0909. The Morgan fingerprint density at radius 2 is 2.00 bits per heavy atom. The van der Waals surface area contributed by atoms with E-state index in [2.05, 4.69) is 4.98 Å². The number of hydrogen-bond acceptors (Lipinski definition) is 2. The molecule has 0 unspecified atom stereocenters. The molecule has 2 rings (SSSR count). The molecule has 0 aliphatic carbocycles. The second-order valence-electron chi connectivity index (χ2n) is 3.40. The largest absolute Gasteiger partial charge is 0.478 e. The molecule has 0 aliphatic heterocycles. The molecule has 3 nitrogen and oxygen atoms in total. The summed E-state index contributed by atoms with van der Waals surface area (Å²) in [4.78, 5) is 14.4. The predicted octanol–water partition coefficient (Wildman–Crippen LogP) is 2.95. The minimum atomic E-state index is -4.63. The highest BCUT2D eigenvalue weighted by Crippen LogP contribution is 2.34. The number of halogens is 3. The number of carboxylic acid groups (broad SMARTS) is 1. The van der Waals surface area contributed by atoms with Gasteiger partial charge in [-0.3, -0.25) is 4.98 Å². The van der Waals surface area contributed by atoms with Crippen molar-refractivity contribution in [3.63, 3.8) is 0 Å². The number of aromatic carboxylic acids is 1. The quantitative estimate of drug-likeness (QED) is 0.835. The molecule has 0 fully saturated rings. The lowest BCUT2D eigenvalue weighted by atomic mass is 10.0. The molecular formula is C11H6F3NO2. The van der Waals surface area contributed by atoms with E-state index in [1.165, 1.54) is 24.4 Å². The van der Waals surface area contributed by atoms with Gasteiger partial charge in [0, 0.05) is 11.6 Å². The smallest absolute Gasteiger partial charge is 0.418 e. The topological polar surface area (TPSA) is 50.2 Å². The predicted molar refractivity (Wildman–Crippen MR) is 53.7 cm³/mol. The lowest BCUT2D eigenvalue weighted by molar-refractivity contribution is -0.136. The highest BCUT2D eigenvalue weighted by molar-refractivity contribution is 5.94. The minimum Gasteiger partial charge on any atom is -0.478 e. The van der Waals surface area contributed by atoms with E-state index in [1.807, 2.05) is 0 Å². The van der Waals surface area contributed by atoms with Crippen molar-refractivity contribution >= 4 is 16.9 Å². The van der Waals surface area contributed by atoms with Gasteiger partial charge < -0.3 is 5.11 Å². The van der Waals surface area contributed by atoms with Crippen molar-refractivity contribution in [2.24, 2.45) is 0 Å². The van der Waals surface area contributed by atoms with Gasteiger partial charge in [0.15, 0.2) is 0 Å². The highest BCUT2D eigenvalue weighted by Gasteiger charge is 2.34. The summed E-state index contributed by atoms with van der Waals surface area (Å²) in [5.41, 5.74) is -1.68. The van der Waals surface area contributed by atoms with E-state index in [0.717, 1.165) is 0 Å². The van der Waals surface area contributed by atoms with Gasteiger partial charge in [-0.15, -0.1) is 0 Å². The molecule has 0 aliphatic rings. The van der Waals surface area contributed by atoms with Crippen LogP contribution in [-0.2, 0) is 6.18 Å². The van der Waals surface area contributed by atoms with Gasteiger partial charge in [-0.2, -0.15) is 13.2 Å². The van der Waals surface area contributed by atoms with Crippen molar-refractivity contribution in [1.29, 1.82) is 0 Å². The lowest BCUT2D eigenvalue weighted by Gasteiger charge is -2.10. The van der Waals surface area contributed by atoms with Crippen LogP contribution in [0.4, 0.5) is 13.2 Å². The molecule has 6 heteroatoms. The van der Waals surface area contributed by atoms with Crippen molar-refractivity contribution < 1.29 is 23.1 Å². The summed E-state index contributed by atoms with van der Waals surface area (Å²) >= 11 is 0. The van der Waals surface area contributed by atoms with Gasteiger partial charge in [-0.1, -0.05) is 6.07 Å². The van der Waals surface area contributed by atoms with E-state index in [4.69, 9.17) is 5.11 Å². The zero-order valence-electron chi connectivity index (χ0n) is 8.32. The molecule has 0 amide bonds. The summed E-state index contributed by atoms with van der Waals surface area (Å²) in [5.74, 6) is -1.40. The van der Waals surface area contributed by atoms with Crippen LogP contribution in [0.15, 0.2) is 30.5 Å². The van der Waals surface area contributed by atoms with Gasteiger partial charge in [0.1, 0.15) is 0 Å². The summed E-state index contributed by atoms with van der Waals surface area (Å²) in [6.07, 6.45) is -3.39. The number of fused-ring (bicyclic) bond motifs is 1. The number of carbonyl (C=O) groups is 1. The lowest BCUT2D eigenvalue weighted by Crippen LogP contribution is -2.09. The van der Waals surface area contributed by atoms with E-state index in [9.17, 15) is 18.0 Å². The second-order valence-corrected chi connectivity index (χ2v) is 3.40. The second kappa shape index (κ2) is 3.73. The average molecular weight is 241 g/mol. The summed E-state index contributed by atoms with van der Waals surface area (Å²) in [6.45, 7) is 0. The van der Waals surface area contributed by atoms with Crippen molar-refractivity contribution in [2.45, 2.75) is 6.18 Å². The normalized spacial score (nSPS) is 11.7. The summed E-state index contributed by atoms with van der Waals surface area (Å²) in [6, 6.07) is 4.61. The van der Waals surface area contributed by atoms with Gasteiger partial charge in [-0.25, -0.2) is 4.79 Å². The molecule has 0 atom stereocenters. The van der Waals surface area contributed by atoms with Crippen molar-refractivity contribution in [3.8, 4) is 0 Å². The van der Waals surface area contributed by atoms with Crippen molar-refractivity contribution in [2.75, 3.05) is 0 Å². The molecule has 0 radical (unpaired) electrons. The Bertz CT molecular complexity index is 593. The molecule has 1 heterocycles. The molecular weight excluding hydrogens is 235 g/mol. The van der Waals surface area contributed by atoms with Crippen LogP contribution < -0.4 is 0 Å². The average Bonchev–Trinajstić information content (AvgIpc) is 2.26. The van der Waals surface area contributed by atoms with Crippen LogP contribution in [0, 0.1) is 0 Å². The number of benzene rings is 1. The Balaban J connectivity index is 2.83. The van der Waals surface area contributed by atoms with Crippen LogP contribution in [0.25, 0.3) is 10.9 Å². The number of hydrogen-bond donors (Lipinski definition) is 1. The molecule has 0 saturated carbocycles. The number of nitrogens with zero attached hydrogens (tertiary/aromatic N) is 1. The molecule has 88 valence electrons. The van der Waals surface area contributed by atoms with Crippen LogP contribution >= 0.6 is 0 Å². The fourth-order valence-electron chi connectivity index (χ4n) is 1.53. The molecule has 0 saturated heterocycles. The van der Waals surface area contributed by atoms with Crippen LogP contribution in [0.3, 0.4) is 0 Å². The highest BCUT2D eigenvalue weighted by atomic mass is 19.4. The standard InChI is InChI=1S/C11H6F3NO2/c12-11(13,14)8-5-7(10(16)17)4-6-2-1-3-15-9(6)8/h1-5H,(H,16,17). The molecule has 1 aromatic carbocycles. The monoisotopic (exact) mass is 241 g/mol. The third-order valence-corrected chi connectivity index (χ3v) is 2.26. The van der Waals surface area contributed by atoms with Crippen LogP contribution in [0.5, 0.6) is 0 Å². The molecule has 0 bridgehead atoms. The first-order valence-corrected chi connectivity index (χ1v) is 4.59.